The van der Waals surface area contributed by atoms with Gasteiger partial charge in [0.15, 0.2) is 5.82 Å². The molecule has 7 heteroatoms. The zero-order valence-corrected chi connectivity index (χ0v) is 13.5. The van der Waals surface area contributed by atoms with E-state index in [9.17, 15) is 0 Å². The SMILES string of the molecule is CSCCC(N)c1nc(CSc2ccc(Cl)cc2)no1. The molecular weight excluding hydrogens is 314 g/mol. The Morgan fingerprint density at radius 2 is 2.10 bits per heavy atom. The van der Waals surface area contributed by atoms with E-state index in [0.29, 0.717) is 17.5 Å². The molecule has 0 fully saturated rings. The summed E-state index contributed by atoms with van der Waals surface area (Å²) >= 11 is 9.24. The maximum Gasteiger partial charge on any atom is 0.243 e. The standard InChI is InChI=1S/C13H16ClN3OS2/c1-19-7-6-11(15)13-16-12(17-18-13)8-20-10-4-2-9(14)3-5-10/h2-5,11H,6-8,15H2,1H3. The van der Waals surface area contributed by atoms with Crippen molar-refractivity contribution in [1.82, 2.24) is 10.1 Å². The van der Waals surface area contributed by atoms with E-state index in [1.165, 1.54) is 0 Å². The van der Waals surface area contributed by atoms with Crippen LogP contribution >= 0.6 is 35.1 Å². The van der Waals surface area contributed by atoms with Crippen LogP contribution in [-0.4, -0.2) is 22.1 Å². The molecule has 1 unspecified atom stereocenters. The lowest BCUT2D eigenvalue weighted by Gasteiger charge is -2.03. The number of hydrogen-bond acceptors (Lipinski definition) is 6. The number of aromatic nitrogens is 2. The molecule has 1 aromatic heterocycles. The first kappa shape index (κ1) is 15.7. The average Bonchev–Trinajstić information content (AvgIpc) is 2.93. The number of nitrogens with zero attached hydrogens (tertiary/aromatic N) is 2. The fourth-order valence-electron chi connectivity index (χ4n) is 1.52. The Morgan fingerprint density at radius 3 is 2.80 bits per heavy atom. The Kier molecular flexibility index (Phi) is 6.22. The normalized spacial score (nSPS) is 12.6. The molecule has 0 radical (unpaired) electrons. The summed E-state index contributed by atoms with van der Waals surface area (Å²) in [4.78, 5) is 5.45. The lowest BCUT2D eigenvalue weighted by molar-refractivity contribution is 0.350. The first-order chi connectivity index (χ1) is 9.69. The van der Waals surface area contributed by atoms with Crippen molar-refractivity contribution in [3.05, 3.63) is 41.0 Å². The number of halogens is 1. The van der Waals surface area contributed by atoms with Crippen LogP contribution in [0.5, 0.6) is 0 Å². The monoisotopic (exact) mass is 329 g/mol. The minimum atomic E-state index is -0.177. The smallest absolute Gasteiger partial charge is 0.243 e. The van der Waals surface area contributed by atoms with Gasteiger partial charge in [0.2, 0.25) is 5.89 Å². The minimum absolute atomic E-state index is 0.177. The third-order valence-corrected chi connectivity index (χ3v) is 4.52. The Bertz CT molecular complexity index is 533. The van der Waals surface area contributed by atoms with E-state index < -0.39 is 0 Å². The summed E-state index contributed by atoms with van der Waals surface area (Å²) in [5.41, 5.74) is 5.99. The zero-order chi connectivity index (χ0) is 14.4. The predicted octanol–water partition coefficient (Wildman–Crippen LogP) is 3.77. The summed E-state index contributed by atoms with van der Waals surface area (Å²) in [7, 11) is 0. The zero-order valence-electron chi connectivity index (χ0n) is 11.1. The Labute approximate surface area is 131 Å². The van der Waals surface area contributed by atoms with Gasteiger partial charge in [-0.25, -0.2) is 0 Å². The van der Waals surface area contributed by atoms with Crippen LogP contribution in [0, 0.1) is 0 Å². The lowest BCUT2D eigenvalue weighted by atomic mass is 10.2. The fraction of sp³-hybridized carbons (Fsp3) is 0.385. The molecule has 1 aromatic carbocycles. The van der Waals surface area contributed by atoms with Crippen LogP contribution in [0.4, 0.5) is 0 Å². The summed E-state index contributed by atoms with van der Waals surface area (Å²) in [6.45, 7) is 0. The molecule has 4 nitrogen and oxygen atoms in total. The molecule has 0 aliphatic heterocycles. The third kappa shape index (κ3) is 4.70. The van der Waals surface area contributed by atoms with Crippen molar-refractivity contribution in [3.63, 3.8) is 0 Å². The van der Waals surface area contributed by atoms with E-state index >= 15 is 0 Å². The van der Waals surface area contributed by atoms with Gasteiger partial charge in [-0.3, -0.25) is 0 Å². The molecule has 0 aliphatic rings. The molecule has 2 rings (SSSR count). The highest BCUT2D eigenvalue weighted by molar-refractivity contribution is 7.98. The maximum absolute atomic E-state index is 5.99. The van der Waals surface area contributed by atoms with Crippen molar-refractivity contribution in [2.75, 3.05) is 12.0 Å². The second-order valence-corrected chi connectivity index (χ2v) is 6.65. The van der Waals surface area contributed by atoms with Crippen molar-refractivity contribution in [2.24, 2.45) is 5.73 Å². The number of rotatable bonds is 7. The van der Waals surface area contributed by atoms with Crippen LogP contribution in [0.2, 0.25) is 5.02 Å². The Balaban J connectivity index is 1.87. The van der Waals surface area contributed by atoms with Crippen LogP contribution in [0.3, 0.4) is 0 Å². The molecule has 0 saturated heterocycles. The van der Waals surface area contributed by atoms with E-state index in [2.05, 4.69) is 16.4 Å². The summed E-state index contributed by atoms with van der Waals surface area (Å²) in [6.07, 6.45) is 2.89. The first-order valence-corrected chi connectivity index (χ1v) is 8.90. The average molecular weight is 330 g/mol. The predicted molar refractivity (Wildman–Crippen MR) is 85.2 cm³/mol. The molecule has 1 heterocycles. The molecule has 0 aliphatic carbocycles. The summed E-state index contributed by atoms with van der Waals surface area (Å²) < 4.78 is 5.20. The molecular formula is C13H16ClN3OS2. The molecule has 2 aromatic rings. The Hall–Kier alpha value is -0.690. The van der Waals surface area contributed by atoms with E-state index in [0.717, 1.165) is 22.1 Å². The molecule has 0 bridgehead atoms. The topological polar surface area (TPSA) is 64.9 Å². The van der Waals surface area contributed by atoms with Gasteiger partial charge in [-0.1, -0.05) is 16.8 Å². The van der Waals surface area contributed by atoms with Crippen LogP contribution < -0.4 is 5.73 Å². The van der Waals surface area contributed by atoms with Gasteiger partial charge in [-0.15, -0.1) is 11.8 Å². The Morgan fingerprint density at radius 1 is 1.35 bits per heavy atom. The van der Waals surface area contributed by atoms with Gasteiger partial charge in [0.05, 0.1) is 11.8 Å². The number of nitrogens with two attached hydrogens (primary N) is 1. The van der Waals surface area contributed by atoms with Crippen molar-refractivity contribution in [2.45, 2.75) is 23.1 Å². The molecule has 0 spiro atoms. The molecule has 108 valence electrons. The molecule has 2 N–H and O–H groups in total. The van der Waals surface area contributed by atoms with Crippen molar-refractivity contribution < 1.29 is 4.52 Å². The van der Waals surface area contributed by atoms with Crippen LogP contribution in [0.25, 0.3) is 0 Å². The minimum Gasteiger partial charge on any atom is -0.338 e. The van der Waals surface area contributed by atoms with Gasteiger partial charge in [0.25, 0.3) is 0 Å². The lowest BCUT2D eigenvalue weighted by Crippen LogP contribution is -2.11. The number of hydrogen-bond donors (Lipinski definition) is 1. The second-order valence-electron chi connectivity index (χ2n) is 4.18. The first-order valence-electron chi connectivity index (χ1n) is 6.14. The van der Waals surface area contributed by atoms with E-state index in [-0.39, 0.29) is 6.04 Å². The highest BCUT2D eigenvalue weighted by atomic mass is 35.5. The van der Waals surface area contributed by atoms with Crippen LogP contribution in [0.1, 0.15) is 24.2 Å². The second kappa shape index (κ2) is 7.93. The maximum atomic E-state index is 5.99. The van der Waals surface area contributed by atoms with Crippen molar-refractivity contribution in [1.29, 1.82) is 0 Å². The third-order valence-electron chi connectivity index (χ3n) is 2.62. The van der Waals surface area contributed by atoms with E-state index in [1.807, 2.05) is 24.3 Å². The molecule has 0 saturated carbocycles. The fourth-order valence-corrected chi connectivity index (χ4v) is 2.88. The van der Waals surface area contributed by atoms with Gasteiger partial charge in [0, 0.05) is 9.92 Å². The van der Waals surface area contributed by atoms with Crippen LogP contribution in [0.15, 0.2) is 33.7 Å². The van der Waals surface area contributed by atoms with Crippen molar-refractivity contribution in [3.8, 4) is 0 Å². The largest absolute Gasteiger partial charge is 0.338 e. The quantitative estimate of drug-likeness (QED) is 0.780. The summed E-state index contributed by atoms with van der Waals surface area (Å²) in [6, 6.07) is 7.49. The van der Waals surface area contributed by atoms with Gasteiger partial charge in [-0.05, 0) is 42.7 Å². The summed E-state index contributed by atoms with van der Waals surface area (Å²) in [5.74, 6) is 2.82. The van der Waals surface area contributed by atoms with Gasteiger partial charge >= 0.3 is 0 Å². The van der Waals surface area contributed by atoms with E-state index in [1.54, 1.807) is 23.5 Å². The number of benzene rings is 1. The molecule has 20 heavy (non-hydrogen) atoms. The highest BCUT2D eigenvalue weighted by Crippen LogP contribution is 2.24. The molecule has 0 amide bonds. The molecule has 1 atom stereocenters. The van der Waals surface area contributed by atoms with E-state index in [4.69, 9.17) is 21.9 Å². The highest BCUT2D eigenvalue weighted by Gasteiger charge is 2.14. The van der Waals surface area contributed by atoms with Crippen molar-refractivity contribution >= 4 is 35.1 Å². The van der Waals surface area contributed by atoms with Gasteiger partial charge < -0.3 is 10.3 Å². The number of thioether (sulfide) groups is 2. The summed E-state index contributed by atoms with van der Waals surface area (Å²) in [5, 5.41) is 4.69. The van der Waals surface area contributed by atoms with Gasteiger partial charge in [-0.2, -0.15) is 16.7 Å². The van der Waals surface area contributed by atoms with Crippen LogP contribution in [-0.2, 0) is 5.75 Å². The van der Waals surface area contributed by atoms with Gasteiger partial charge in [0.1, 0.15) is 0 Å².